The van der Waals surface area contributed by atoms with Crippen molar-refractivity contribution in [2.75, 3.05) is 12.4 Å². The van der Waals surface area contributed by atoms with Crippen LogP contribution in [0.5, 0.6) is 0 Å². The molecule has 2 aromatic rings. The lowest BCUT2D eigenvalue weighted by molar-refractivity contribution is 0.771. The van der Waals surface area contributed by atoms with Gasteiger partial charge in [-0.1, -0.05) is 12.1 Å². The molecular weight excluding hydrogens is 174 g/mol. The van der Waals surface area contributed by atoms with Gasteiger partial charge in [-0.3, -0.25) is 4.68 Å². The van der Waals surface area contributed by atoms with Gasteiger partial charge in [0.25, 0.3) is 0 Å². The largest absolute Gasteiger partial charge is 0.388 e. The smallest absolute Gasteiger partial charge is 0.0923 e. The molecule has 0 aliphatic heterocycles. The van der Waals surface area contributed by atoms with E-state index in [0.29, 0.717) is 0 Å². The predicted octanol–water partition coefficient (Wildman–Crippen LogP) is 2.13. The molecule has 1 heterocycles. The van der Waals surface area contributed by atoms with Gasteiger partial charge in [-0.2, -0.15) is 5.10 Å². The summed E-state index contributed by atoms with van der Waals surface area (Å²) in [5.41, 5.74) is 3.27. The summed E-state index contributed by atoms with van der Waals surface area (Å²) >= 11 is 0. The molecule has 0 aliphatic carbocycles. The second kappa shape index (κ2) is 3.54. The maximum Gasteiger partial charge on any atom is 0.0923 e. The third-order valence-corrected chi connectivity index (χ3v) is 2.18. The Hall–Kier alpha value is -1.77. The molecular formula is C11H13N3. The maximum absolute atomic E-state index is 4.33. The Morgan fingerprint density at radius 3 is 2.36 bits per heavy atom. The first-order chi connectivity index (χ1) is 6.79. The van der Waals surface area contributed by atoms with Crippen molar-refractivity contribution in [2.24, 2.45) is 7.05 Å². The van der Waals surface area contributed by atoms with Gasteiger partial charge in [0.2, 0.25) is 0 Å². The summed E-state index contributed by atoms with van der Waals surface area (Å²) in [6.45, 7) is 0. The first kappa shape index (κ1) is 8.81. The molecule has 0 atom stereocenters. The Morgan fingerprint density at radius 2 is 1.86 bits per heavy atom. The van der Waals surface area contributed by atoms with Gasteiger partial charge in [0, 0.05) is 31.5 Å². The third-order valence-electron chi connectivity index (χ3n) is 2.18. The molecule has 14 heavy (non-hydrogen) atoms. The molecule has 0 bridgehead atoms. The number of hydrogen-bond acceptors (Lipinski definition) is 2. The van der Waals surface area contributed by atoms with Crippen LogP contribution in [0.15, 0.2) is 36.5 Å². The van der Waals surface area contributed by atoms with Crippen LogP contribution in [0.4, 0.5) is 5.69 Å². The van der Waals surface area contributed by atoms with Crippen molar-refractivity contribution in [1.82, 2.24) is 9.78 Å². The minimum Gasteiger partial charge on any atom is -0.388 e. The highest BCUT2D eigenvalue weighted by Gasteiger charge is 1.99. The van der Waals surface area contributed by atoms with Crippen LogP contribution < -0.4 is 5.32 Å². The molecule has 0 radical (unpaired) electrons. The number of rotatable bonds is 2. The van der Waals surface area contributed by atoms with E-state index in [2.05, 4.69) is 22.5 Å². The molecule has 72 valence electrons. The van der Waals surface area contributed by atoms with E-state index < -0.39 is 0 Å². The Morgan fingerprint density at radius 1 is 1.14 bits per heavy atom. The SMILES string of the molecule is CNc1ccc(-c2ccn(C)n2)cc1. The van der Waals surface area contributed by atoms with E-state index in [1.807, 2.05) is 38.5 Å². The fraction of sp³-hybridized carbons (Fsp3) is 0.182. The topological polar surface area (TPSA) is 29.9 Å². The lowest BCUT2D eigenvalue weighted by Crippen LogP contribution is -1.89. The number of nitrogens with one attached hydrogen (secondary N) is 1. The van der Waals surface area contributed by atoms with Crippen LogP contribution in [-0.4, -0.2) is 16.8 Å². The average molecular weight is 187 g/mol. The standard InChI is InChI=1S/C11H13N3/c1-12-10-5-3-9(4-6-10)11-7-8-14(2)13-11/h3-8,12H,1-2H3. The highest BCUT2D eigenvalue weighted by atomic mass is 15.2. The van der Waals surface area contributed by atoms with Gasteiger partial charge < -0.3 is 5.32 Å². The van der Waals surface area contributed by atoms with Crippen molar-refractivity contribution in [3.63, 3.8) is 0 Å². The van der Waals surface area contributed by atoms with Gasteiger partial charge in [0.1, 0.15) is 0 Å². The molecule has 1 aromatic heterocycles. The van der Waals surface area contributed by atoms with Gasteiger partial charge in [0.05, 0.1) is 5.69 Å². The molecule has 0 saturated heterocycles. The van der Waals surface area contributed by atoms with Crippen LogP contribution in [0.25, 0.3) is 11.3 Å². The third kappa shape index (κ3) is 1.62. The monoisotopic (exact) mass is 187 g/mol. The first-order valence-electron chi connectivity index (χ1n) is 4.57. The van der Waals surface area contributed by atoms with Gasteiger partial charge in [-0.15, -0.1) is 0 Å². The molecule has 3 heteroatoms. The summed E-state index contributed by atoms with van der Waals surface area (Å²) in [4.78, 5) is 0. The second-order valence-electron chi connectivity index (χ2n) is 3.20. The van der Waals surface area contributed by atoms with Crippen LogP contribution in [-0.2, 0) is 7.05 Å². The number of hydrogen-bond donors (Lipinski definition) is 1. The van der Waals surface area contributed by atoms with E-state index in [1.165, 1.54) is 0 Å². The summed E-state index contributed by atoms with van der Waals surface area (Å²) in [7, 11) is 3.83. The van der Waals surface area contributed by atoms with Crippen LogP contribution in [0.3, 0.4) is 0 Å². The number of aryl methyl sites for hydroxylation is 1. The molecule has 0 saturated carbocycles. The van der Waals surface area contributed by atoms with Crippen LogP contribution in [0, 0.1) is 0 Å². The summed E-state index contributed by atoms with van der Waals surface area (Å²) in [5, 5.41) is 7.42. The van der Waals surface area contributed by atoms with Gasteiger partial charge >= 0.3 is 0 Å². The first-order valence-corrected chi connectivity index (χ1v) is 4.57. The summed E-state index contributed by atoms with van der Waals surface area (Å²) in [5.74, 6) is 0. The molecule has 0 aliphatic rings. The second-order valence-corrected chi connectivity index (χ2v) is 3.20. The van der Waals surface area contributed by atoms with Gasteiger partial charge in [-0.05, 0) is 18.2 Å². The summed E-state index contributed by atoms with van der Waals surface area (Å²) in [6.07, 6.45) is 1.95. The van der Waals surface area contributed by atoms with Crippen molar-refractivity contribution in [2.45, 2.75) is 0 Å². The molecule has 3 nitrogen and oxygen atoms in total. The van der Waals surface area contributed by atoms with Gasteiger partial charge in [0.15, 0.2) is 0 Å². The zero-order valence-electron chi connectivity index (χ0n) is 8.36. The van der Waals surface area contributed by atoms with E-state index in [0.717, 1.165) is 16.9 Å². The molecule has 2 rings (SSSR count). The van der Waals surface area contributed by atoms with Crippen LogP contribution >= 0.6 is 0 Å². The molecule has 0 unspecified atom stereocenters. The lowest BCUT2D eigenvalue weighted by Gasteiger charge is -2.00. The molecule has 0 amide bonds. The number of anilines is 1. The van der Waals surface area contributed by atoms with Crippen molar-refractivity contribution in [1.29, 1.82) is 0 Å². The number of benzene rings is 1. The van der Waals surface area contributed by atoms with Crippen molar-refractivity contribution in [3.05, 3.63) is 36.5 Å². The average Bonchev–Trinajstić information content (AvgIpc) is 2.65. The Bertz CT molecular complexity index is 414. The minimum absolute atomic E-state index is 1.01. The number of aromatic nitrogens is 2. The molecule has 1 N–H and O–H groups in total. The highest BCUT2D eigenvalue weighted by Crippen LogP contribution is 2.18. The van der Waals surface area contributed by atoms with Crippen LogP contribution in [0.1, 0.15) is 0 Å². The number of nitrogens with zero attached hydrogens (tertiary/aromatic N) is 2. The zero-order chi connectivity index (χ0) is 9.97. The van der Waals surface area contributed by atoms with Crippen molar-refractivity contribution >= 4 is 5.69 Å². The van der Waals surface area contributed by atoms with Crippen LogP contribution in [0.2, 0.25) is 0 Å². The fourth-order valence-corrected chi connectivity index (χ4v) is 1.38. The highest BCUT2D eigenvalue weighted by molar-refractivity contribution is 5.62. The van der Waals surface area contributed by atoms with E-state index in [9.17, 15) is 0 Å². The maximum atomic E-state index is 4.33. The zero-order valence-corrected chi connectivity index (χ0v) is 8.36. The van der Waals surface area contributed by atoms with E-state index in [-0.39, 0.29) is 0 Å². The van der Waals surface area contributed by atoms with Gasteiger partial charge in [-0.25, -0.2) is 0 Å². The Labute approximate surface area is 83.4 Å². The minimum atomic E-state index is 1.01. The summed E-state index contributed by atoms with van der Waals surface area (Å²) in [6, 6.07) is 10.2. The molecule has 0 fully saturated rings. The Balaban J connectivity index is 2.33. The Kier molecular flexibility index (Phi) is 2.23. The molecule has 1 aromatic carbocycles. The fourth-order valence-electron chi connectivity index (χ4n) is 1.38. The summed E-state index contributed by atoms with van der Waals surface area (Å²) < 4.78 is 1.81. The van der Waals surface area contributed by atoms with Crippen molar-refractivity contribution in [3.8, 4) is 11.3 Å². The molecule has 0 spiro atoms. The predicted molar refractivity (Wildman–Crippen MR) is 58.2 cm³/mol. The van der Waals surface area contributed by atoms with E-state index in [1.54, 1.807) is 4.68 Å². The normalized spacial score (nSPS) is 10.1. The van der Waals surface area contributed by atoms with E-state index in [4.69, 9.17) is 0 Å². The van der Waals surface area contributed by atoms with E-state index >= 15 is 0 Å². The lowest BCUT2D eigenvalue weighted by atomic mass is 10.1. The quantitative estimate of drug-likeness (QED) is 0.780. The van der Waals surface area contributed by atoms with Crippen molar-refractivity contribution < 1.29 is 0 Å².